The lowest BCUT2D eigenvalue weighted by Gasteiger charge is -2.13. The molecule has 0 bridgehead atoms. The number of benzene rings is 1. The summed E-state index contributed by atoms with van der Waals surface area (Å²) >= 11 is 0. The number of para-hydroxylation sites is 1. The number of fused-ring (bicyclic) bond motifs is 1. The molecular weight excluding hydrogens is 242 g/mol. The van der Waals surface area contributed by atoms with Crippen molar-refractivity contribution in [3.8, 4) is 5.75 Å². The Hall–Kier alpha value is -1.75. The van der Waals surface area contributed by atoms with Gasteiger partial charge in [0.2, 0.25) is 0 Å². The van der Waals surface area contributed by atoms with Gasteiger partial charge in [0.25, 0.3) is 0 Å². The average molecular weight is 261 g/mol. The highest BCUT2D eigenvalue weighted by Gasteiger charge is 2.23. The van der Waals surface area contributed by atoms with Crippen LogP contribution in [0.4, 0.5) is 0 Å². The number of aliphatic imine (C=N–C) groups is 1. The third kappa shape index (κ3) is 2.81. The minimum atomic E-state index is 0.0875. The van der Waals surface area contributed by atoms with Crippen LogP contribution in [0, 0.1) is 0 Å². The van der Waals surface area contributed by atoms with Crippen molar-refractivity contribution in [2.45, 2.75) is 25.0 Å². The van der Waals surface area contributed by atoms with Crippen molar-refractivity contribution in [2.75, 3.05) is 19.8 Å². The molecule has 2 unspecified atom stereocenters. The maximum Gasteiger partial charge on any atom is 0.189 e. The fraction of sp³-hybridized carbons (Fsp3) is 0.500. The van der Waals surface area contributed by atoms with E-state index in [2.05, 4.69) is 10.3 Å². The standard InChI is InChI=1S/C14H19N3O2/c15-14(16-8-10-4-3-7-18-10)17-12-9-19-13-6-2-1-5-11(12)13/h1-2,5-6,10,12H,3-4,7-9H2,(H3,15,16,17). The van der Waals surface area contributed by atoms with Crippen LogP contribution in [-0.2, 0) is 4.74 Å². The van der Waals surface area contributed by atoms with Crippen LogP contribution in [0.1, 0.15) is 24.4 Å². The molecule has 19 heavy (non-hydrogen) atoms. The number of nitrogens with one attached hydrogen (secondary N) is 1. The number of hydrogen-bond donors (Lipinski definition) is 2. The van der Waals surface area contributed by atoms with E-state index in [1.54, 1.807) is 0 Å². The summed E-state index contributed by atoms with van der Waals surface area (Å²) in [4.78, 5) is 4.35. The van der Waals surface area contributed by atoms with E-state index in [0.717, 1.165) is 30.8 Å². The van der Waals surface area contributed by atoms with Crippen molar-refractivity contribution in [1.82, 2.24) is 5.32 Å². The Morgan fingerprint density at radius 1 is 1.42 bits per heavy atom. The van der Waals surface area contributed by atoms with Gasteiger partial charge in [-0.1, -0.05) is 18.2 Å². The maximum atomic E-state index is 5.92. The molecule has 1 saturated heterocycles. The molecule has 0 aliphatic carbocycles. The minimum absolute atomic E-state index is 0.0875. The zero-order valence-corrected chi connectivity index (χ0v) is 10.8. The van der Waals surface area contributed by atoms with Crippen molar-refractivity contribution in [2.24, 2.45) is 10.7 Å². The molecule has 2 aliphatic heterocycles. The van der Waals surface area contributed by atoms with E-state index >= 15 is 0 Å². The topological polar surface area (TPSA) is 68.9 Å². The summed E-state index contributed by atoms with van der Waals surface area (Å²) in [7, 11) is 0. The first-order valence-corrected chi connectivity index (χ1v) is 6.73. The van der Waals surface area contributed by atoms with Crippen LogP contribution in [0.5, 0.6) is 5.75 Å². The Bertz CT molecular complexity index is 470. The van der Waals surface area contributed by atoms with E-state index in [4.69, 9.17) is 15.2 Å². The van der Waals surface area contributed by atoms with Crippen LogP contribution < -0.4 is 15.8 Å². The fourth-order valence-electron chi connectivity index (χ4n) is 2.49. The first kappa shape index (κ1) is 12.3. The van der Waals surface area contributed by atoms with Gasteiger partial charge in [0.1, 0.15) is 12.4 Å². The lowest BCUT2D eigenvalue weighted by atomic mass is 10.1. The highest BCUT2D eigenvalue weighted by atomic mass is 16.5. The zero-order chi connectivity index (χ0) is 13.1. The van der Waals surface area contributed by atoms with Crippen LogP contribution in [0.3, 0.4) is 0 Å². The molecule has 2 atom stereocenters. The molecular formula is C14H19N3O2. The number of nitrogens with two attached hydrogens (primary N) is 1. The summed E-state index contributed by atoms with van der Waals surface area (Å²) in [6.45, 7) is 2.07. The highest BCUT2D eigenvalue weighted by Crippen LogP contribution is 2.31. The SMILES string of the molecule is NC(=NCC1CCCO1)NC1COc2ccccc21. The predicted octanol–water partition coefficient (Wildman–Crippen LogP) is 1.20. The highest BCUT2D eigenvalue weighted by molar-refractivity contribution is 5.78. The van der Waals surface area contributed by atoms with E-state index in [0.29, 0.717) is 19.1 Å². The summed E-state index contributed by atoms with van der Waals surface area (Å²) in [5.74, 6) is 1.38. The molecule has 3 N–H and O–H groups in total. The average Bonchev–Trinajstić information content (AvgIpc) is 3.07. The van der Waals surface area contributed by atoms with Crippen molar-refractivity contribution in [3.05, 3.63) is 29.8 Å². The number of ether oxygens (including phenoxy) is 2. The second-order valence-corrected chi connectivity index (χ2v) is 4.91. The van der Waals surface area contributed by atoms with E-state index in [1.807, 2.05) is 24.3 Å². The van der Waals surface area contributed by atoms with E-state index in [-0.39, 0.29) is 12.1 Å². The predicted molar refractivity (Wildman–Crippen MR) is 73.3 cm³/mol. The fourth-order valence-corrected chi connectivity index (χ4v) is 2.49. The summed E-state index contributed by atoms with van der Waals surface area (Å²) < 4.78 is 11.1. The van der Waals surface area contributed by atoms with Crippen LogP contribution in [0.2, 0.25) is 0 Å². The molecule has 1 aromatic carbocycles. The van der Waals surface area contributed by atoms with Crippen LogP contribution in [0.25, 0.3) is 0 Å². The van der Waals surface area contributed by atoms with Gasteiger partial charge in [0, 0.05) is 12.2 Å². The van der Waals surface area contributed by atoms with Gasteiger partial charge in [-0.15, -0.1) is 0 Å². The lowest BCUT2D eigenvalue weighted by molar-refractivity contribution is 0.117. The third-order valence-corrected chi connectivity index (χ3v) is 3.51. The van der Waals surface area contributed by atoms with Crippen LogP contribution in [-0.4, -0.2) is 31.8 Å². The van der Waals surface area contributed by atoms with Gasteiger partial charge in [-0.2, -0.15) is 0 Å². The van der Waals surface area contributed by atoms with E-state index in [9.17, 15) is 0 Å². The molecule has 0 aromatic heterocycles. The van der Waals surface area contributed by atoms with Crippen molar-refractivity contribution >= 4 is 5.96 Å². The molecule has 0 amide bonds. The van der Waals surface area contributed by atoms with Gasteiger partial charge < -0.3 is 20.5 Å². The molecule has 0 saturated carbocycles. The number of guanidine groups is 1. The largest absolute Gasteiger partial charge is 0.491 e. The molecule has 2 aliphatic rings. The molecule has 2 heterocycles. The van der Waals surface area contributed by atoms with Crippen molar-refractivity contribution in [3.63, 3.8) is 0 Å². The van der Waals surface area contributed by atoms with Crippen molar-refractivity contribution < 1.29 is 9.47 Å². The zero-order valence-electron chi connectivity index (χ0n) is 10.8. The molecule has 5 nitrogen and oxygen atoms in total. The number of hydrogen-bond acceptors (Lipinski definition) is 3. The van der Waals surface area contributed by atoms with Crippen molar-refractivity contribution in [1.29, 1.82) is 0 Å². The number of nitrogens with zero attached hydrogens (tertiary/aromatic N) is 1. The Labute approximate surface area is 112 Å². The maximum absolute atomic E-state index is 5.92. The van der Waals surface area contributed by atoms with Gasteiger partial charge in [-0.3, -0.25) is 4.99 Å². The molecule has 5 heteroatoms. The first-order valence-electron chi connectivity index (χ1n) is 6.73. The van der Waals surface area contributed by atoms with Crippen LogP contribution >= 0.6 is 0 Å². The van der Waals surface area contributed by atoms with Gasteiger partial charge in [-0.25, -0.2) is 0 Å². The molecule has 102 valence electrons. The second-order valence-electron chi connectivity index (χ2n) is 4.91. The summed E-state index contributed by atoms with van der Waals surface area (Å²) in [5.41, 5.74) is 7.05. The third-order valence-electron chi connectivity index (χ3n) is 3.51. The lowest BCUT2D eigenvalue weighted by Crippen LogP contribution is -2.36. The quantitative estimate of drug-likeness (QED) is 0.634. The van der Waals surface area contributed by atoms with Gasteiger partial charge in [-0.05, 0) is 18.9 Å². The molecule has 0 spiro atoms. The molecule has 0 radical (unpaired) electrons. The van der Waals surface area contributed by atoms with Crippen LogP contribution in [0.15, 0.2) is 29.3 Å². The Balaban J connectivity index is 1.58. The summed E-state index contributed by atoms with van der Waals surface area (Å²) in [6.07, 6.45) is 2.43. The van der Waals surface area contributed by atoms with Gasteiger partial charge in [0.15, 0.2) is 5.96 Å². The molecule has 1 fully saturated rings. The van der Waals surface area contributed by atoms with Gasteiger partial charge >= 0.3 is 0 Å². The normalized spacial score (nSPS) is 26.0. The minimum Gasteiger partial charge on any atom is -0.491 e. The second kappa shape index (κ2) is 5.48. The molecule has 3 rings (SSSR count). The van der Waals surface area contributed by atoms with E-state index < -0.39 is 0 Å². The van der Waals surface area contributed by atoms with Gasteiger partial charge in [0.05, 0.1) is 18.7 Å². The Kier molecular flexibility index (Phi) is 3.55. The monoisotopic (exact) mass is 261 g/mol. The summed E-state index contributed by atoms with van der Waals surface area (Å²) in [6, 6.07) is 8.08. The molecule has 1 aromatic rings. The Morgan fingerprint density at radius 2 is 2.32 bits per heavy atom. The Morgan fingerprint density at radius 3 is 3.16 bits per heavy atom. The first-order chi connectivity index (χ1) is 9.33. The summed E-state index contributed by atoms with van der Waals surface area (Å²) in [5, 5.41) is 3.21. The smallest absolute Gasteiger partial charge is 0.189 e. The van der Waals surface area contributed by atoms with E-state index in [1.165, 1.54) is 0 Å². The number of rotatable bonds is 3.